The molecule has 2 aliphatic rings. The van der Waals surface area contributed by atoms with Crippen molar-refractivity contribution in [2.45, 2.75) is 64.0 Å². The Kier molecular flexibility index (Phi) is 6.40. The standard InChI is InChI=1S/C27H36N6O2/c1-18(2)35-20-9-7-8-19(16-20)30-26(34)27(32(3)4)12-14-33(15-13-27)25-23-21-10-5-6-11-22(21)31-24(23)28-17-29-25/h7-9,16-18H,5-6,10-15H2,1-4H3,(H,30,34)(H,28,29,31). The van der Waals surface area contributed by atoms with Gasteiger partial charge in [0, 0.05) is 30.5 Å². The van der Waals surface area contributed by atoms with Crippen LogP contribution in [0.1, 0.15) is 50.8 Å². The van der Waals surface area contributed by atoms with Crippen LogP contribution in [0.2, 0.25) is 0 Å². The Labute approximate surface area is 207 Å². The van der Waals surface area contributed by atoms with Gasteiger partial charge in [0.25, 0.3) is 0 Å². The summed E-state index contributed by atoms with van der Waals surface area (Å²) < 4.78 is 5.80. The molecule has 0 bridgehead atoms. The summed E-state index contributed by atoms with van der Waals surface area (Å²) in [6.45, 7) is 5.51. The second kappa shape index (κ2) is 9.49. The third-order valence-corrected chi connectivity index (χ3v) is 7.50. The van der Waals surface area contributed by atoms with E-state index in [9.17, 15) is 4.79 Å². The maximum absolute atomic E-state index is 13.6. The Bertz CT molecular complexity index is 1210. The van der Waals surface area contributed by atoms with Crippen molar-refractivity contribution in [1.29, 1.82) is 0 Å². The molecule has 1 amide bonds. The zero-order chi connectivity index (χ0) is 24.6. The highest BCUT2D eigenvalue weighted by atomic mass is 16.5. The van der Waals surface area contributed by atoms with Crippen molar-refractivity contribution < 1.29 is 9.53 Å². The minimum Gasteiger partial charge on any atom is -0.491 e. The maximum atomic E-state index is 13.6. The highest BCUT2D eigenvalue weighted by Crippen LogP contribution is 2.37. The summed E-state index contributed by atoms with van der Waals surface area (Å²) in [5, 5.41) is 4.33. The van der Waals surface area contributed by atoms with E-state index in [1.807, 2.05) is 52.2 Å². The van der Waals surface area contributed by atoms with E-state index in [1.165, 1.54) is 29.5 Å². The van der Waals surface area contributed by atoms with E-state index in [2.05, 4.69) is 25.1 Å². The highest BCUT2D eigenvalue weighted by molar-refractivity contribution is 5.99. The van der Waals surface area contributed by atoms with Crippen molar-refractivity contribution in [3.8, 4) is 5.75 Å². The number of H-pyrrole nitrogens is 1. The molecule has 1 saturated heterocycles. The zero-order valence-corrected chi connectivity index (χ0v) is 21.2. The van der Waals surface area contributed by atoms with Gasteiger partial charge in [0.1, 0.15) is 29.1 Å². The number of aryl methyl sites for hydroxylation is 2. The molecule has 1 fully saturated rings. The quantitative estimate of drug-likeness (QED) is 0.556. The van der Waals surface area contributed by atoms with Gasteiger partial charge in [-0.3, -0.25) is 9.69 Å². The number of hydrogen-bond acceptors (Lipinski definition) is 6. The molecular formula is C27H36N6O2. The van der Waals surface area contributed by atoms with Gasteiger partial charge in [-0.05, 0) is 84.2 Å². The lowest BCUT2D eigenvalue weighted by Gasteiger charge is -2.45. The van der Waals surface area contributed by atoms with Gasteiger partial charge in [-0.2, -0.15) is 0 Å². The van der Waals surface area contributed by atoms with Crippen LogP contribution < -0.4 is 15.0 Å². The number of nitrogens with zero attached hydrogens (tertiary/aromatic N) is 4. The second-order valence-electron chi connectivity index (χ2n) is 10.3. The molecule has 186 valence electrons. The van der Waals surface area contributed by atoms with Crippen LogP contribution in [0.15, 0.2) is 30.6 Å². The van der Waals surface area contributed by atoms with E-state index in [-0.39, 0.29) is 12.0 Å². The van der Waals surface area contributed by atoms with Crippen molar-refractivity contribution in [3.63, 3.8) is 0 Å². The number of amides is 1. The summed E-state index contributed by atoms with van der Waals surface area (Å²) >= 11 is 0. The molecule has 3 aromatic rings. The first-order chi connectivity index (χ1) is 16.9. The van der Waals surface area contributed by atoms with Gasteiger partial charge in [-0.15, -0.1) is 0 Å². The predicted molar refractivity (Wildman–Crippen MR) is 139 cm³/mol. The van der Waals surface area contributed by atoms with Crippen molar-refractivity contribution in [2.24, 2.45) is 0 Å². The fourth-order valence-corrected chi connectivity index (χ4v) is 5.58. The Balaban J connectivity index is 1.35. The molecule has 0 spiro atoms. The summed E-state index contributed by atoms with van der Waals surface area (Å²) in [7, 11) is 4.00. The average molecular weight is 477 g/mol. The predicted octanol–water partition coefficient (Wildman–Crippen LogP) is 4.16. The number of ether oxygens (including phenoxy) is 1. The Morgan fingerprint density at radius 2 is 1.94 bits per heavy atom. The smallest absolute Gasteiger partial charge is 0.245 e. The Hall–Kier alpha value is -3.13. The number of benzene rings is 1. The monoisotopic (exact) mass is 476 g/mol. The molecule has 5 rings (SSSR count). The van der Waals surface area contributed by atoms with Gasteiger partial charge in [-0.1, -0.05) is 6.07 Å². The molecule has 1 aliphatic heterocycles. The van der Waals surface area contributed by atoms with Gasteiger partial charge in [0.2, 0.25) is 5.91 Å². The van der Waals surface area contributed by atoms with Gasteiger partial charge < -0.3 is 19.9 Å². The molecule has 8 heteroatoms. The van der Waals surface area contributed by atoms with Gasteiger partial charge in [0.05, 0.1) is 11.5 Å². The lowest BCUT2D eigenvalue weighted by Crippen LogP contribution is -2.59. The van der Waals surface area contributed by atoms with Crippen LogP contribution in [-0.2, 0) is 17.6 Å². The summed E-state index contributed by atoms with van der Waals surface area (Å²) in [5.41, 5.74) is 3.80. The summed E-state index contributed by atoms with van der Waals surface area (Å²) in [4.78, 5) is 30.8. The fraction of sp³-hybridized carbons (Fsp3) is 0.519. The Morgan fingerprint density at radius 3 is 2.69 bits per heavy atom. The van der Waals surface area contributed by atoms with E-state index in [0.29, 0.717) is 12.8 Å². The highest BCUT2D eigenvalue weighted by Gasteiger charge is 2.44. The lowest BCUT2D eigenvalue weighted by atomic mass is 9.85. The minimum atomic E-state index is -0.588. The number of rotatable bonds is 6. The van der Waals surface area contributed by atoms with Gasteiger partial charge in [0.15, 0.2) is 0 Å². The van der Waals surface area contributed by atoms with Gasteiger partial charge >= 0.3 is 0 Å². The number of carbonyl (C=O) groups excluding carboxylic acids is 1. The number of likely N-dealkylation sites (N-methyl/N-ethyl adjacent to an activating group) is 1. The number of nitrogens with one attached hydrogen (secondary N) is 2. The van der Waals surface area contributed by atoms with E-state index in [1.54, 1.807) is 6.33 Å². The molecule has 0 radical (unpaired) electrons. The topological polar surface area (TPSA) is 86.4 Å². The third-order valence-electron chi connectivity index (χ3n) is 7.50. The van der Waals surface area contributed by atoms with Crippen LogP contribution in [0.4, 0.5) is 11.5 Å². The number of aromatic nitrogens is 3. The largest absolute Gasteiger partial charge is 0.491 e. The molecule has 0 atom stereocenters. The van der Waals surface area contributed by atoms with Crippen LogP contribution >= 0.6 is 0 Å². The van der Waals surface area contributed by atoms with Gasteiger partial charge in [-0.25, -0.2) is 9.97 Å². The molecule has 3 heterocycles. The van der Waals surface area contributed by atoms with Crippen molar-refractivity contribution in [3.05, 3.63) is 41.9 Å². The van der Waals surface area contributed by atoms with Crippen molar-refractivity contribution in [2.75, 3.05) is 37.4 Å². The molecule has 2 aromatic heterocycles. The number of hydrogen-bond donors (Lipinski definition) is 2. The second-order valence-corrected chi connectivity index (χ2v) is 10.3. The van der Waals surface area contributed by atoms with Crippen LogP contribution in [0.25, 0.3) is 11.0 Å². The normalized spacial score (nSPS) is 17.6. The van der Waals surface area contributed by atoms with Crippen LogP contribution in [-0.4, -0.2) is 64.6 Å². The first-order valence-corrected chi connectivity index (χ1v) is 12.7. The molecule has 0 unspecified atom stereocenters. The summed E-state index contributed by atoms with van der Waals surface area (Å²) in [6, 6.07) is 7.63. The molecule has 2 N–H and O–H groups in total. The number of carbonyl (C=O) groups is 1. The molecular weight excluding hydrogens is 440 g/mol. The molecule has 35 heavy (non-hydrogen) atoms. The first-order valence-electron chi connectivity index (χ1n) is 12.7. The van der Waals surface area contributed by atoms with Crippen LogP contribution in [0, 0.1) is 0 Å². The minimum absolute atomic E-state index is 0.0238. The maximum Gasteiger partial charge on any atom is 0.245 e. The fourth-order valence-electron chi connectivity index (χ4n) is 5.58. The zero-order valence-electron chi connectivity index (χ0n) is 21.2. The molecule has 1 aromatic carbocycles. The van der Waals surface area contributed by atoms with Crippen molar-refractivity contribution >= 4 is 28.4 Å². The lowest BCUT2D eigenvalue weighted by molar-refractivity contribution is -0.127. The van der Waals surface area contributed by atoms with E-state index in [4.69, 9.17) is 9.72 Å². The average Bonchev–Trinajstić information content (AvgIpc) is 3.22. The van der Waals surface area contributed by atoms with Crippen LogP contribution in [0.3, 0.4) is 0 Å². The SMILES string of the molecule is CC(C)Oc1cccc(NC(=O)C2(N(C)C)CCN(c3ncnc4[nH]c5c(c34)CCCC5)CC2)c1. The third kappa shape index (κ3) is 4.47. The molecule has 1 aliphatic carbocycles. The van der Waals surface area contributed by atoms with E-state index in [0.717, 1.165) is 48.8 Å². The van der Waals surface area contributed by atoms with E-state index < -0.39 is 5.54 Å². The molecule has 0 saturated carbocycles. The van der Waals surface area contributed by atoms with Crippen LogP contribution in [0.5, 0.6) is 5.75 Å². The van der Waals surface area contributed by atoms with Crippen molar-refractivity contribution in [1.82, 2.24) is 19.9 Å². The first kappa shape index (κ1) is 23.6. The number of anilines is 2. The number of fused-ring (bicyclic) bond motifs is 3. The summed E-state index contributed by atoms with van der Waals surface area (Å²) in [6.07, 6.45) is 7.76. The number of aromatic amines is 1. The van der Waals surface area contributed by atoms with E-state index >= 15 is 0 Å². The number of piperidine rings is 1. The Morgan fingerprint density at radius 1 is 1.17 bits per heavy atom. The molecule has 8 nitrogen and oxygen atoms in total. The summed E-state index contributed by atoms with van der Waals surface area (Å²) in [5.74, 6) is 1.78.